The van der Waals surface area contributed by atoms with E-state index in [0.29, 0.717) is 24.3 Å². The number of carbonyl (C=O) groups excluding carboxylic acids is 1. The van der Waals surface area contributed by atoms with Crippen LogP contribution in [0.5, 0.6) is 5.75 Å². The standard InChI is InChI=1S/C12H11BrF3NO2/c13-10(12(14,15)16)6-19-8-2-3-9-7(5-8)1-4-11(18)17-9/h2-3,5,10H,1,4,6H2,(H,17,18). The molecule has 1 unspecified atom stereocenters. The van der Waals surface area contributed by atoms with Crippen molar-refractivity contribution < 1.29 is 22.7 Å². The van der Waals surface area contributed by atoms with Gasteiger partial charge in [0.2, 0.25) is 5.91 Å². The molecule has 0 saturated heterocycles. The van der Waals surface area contributed by atoms with Crippen LogP contribution >= 0.6 is 15.9 Å². The topological polar surface area (TPSA) is 38.3 Å². The number of hydrogen-bond donors (Lipinski definition) is 1. The van der Waals surface area contributed by atoms with Crippen LogP contribution in [-0.4, -0.2) is 23.5 Å². The quantitative estimate of drug-likeness (QED) is 0.859. The molecule has 1 aromatic carbocycles. The second-order valence-electron chi connectivity index (χ2n) is 4.19. The molecular weight excluding hydrogens is 327 g/mol. The van der Waals surface area contributed by atoms with Crippen molar-refractivity contribution in [2.45, 2.75) is 23.8 Å². The number of anilines is 1. The fraction of sp³-hybridized carbons (Fsp3) is 0.417. The highest BCUT2D eigenvalue weighted by Crippen LogP contribution is 2.29. The molecule has 0 aromatic heterocycles. The molecule has 1 atom stereocenters. The first kappa shape index (κ1) is 14.2. The van der Waals surface area contributed by atoms with E-state index in [9.17, 15) is 18.0 Å². The Balaban J connectivity index is 2.01. The maximum Gasteiger partial charge on any atom is 0.404 e. The average molecular weight is 338 g/mol. The van der Waals surface area contributed by atoms with Crippen molar-refractivity contribution in [3.63, 3.8) is 0 Å². The van der Waals surface area contributed by atoms with Gasteiger partial charge in [-0.1, -0.05) is 15.9 Å². The highest BCUT2D eigenvalue weighted by Gasteiger charge is 2.38. The molecule has 1 aliphatic rings. The van der Waals surface area contributed by atoms with Crippen LogP contribution in [0.25, 0.3) is 0 Å². The Bertz CT molecular complexity index is 490. The van der Waals surface area contributed by atoms with Gasteiger partial charge in [-0.2, -0.15) is 13.2 Å². The minimum Gasteiger partial charge on any atom is -0.492 e. The Kier molecular flexibility index (Phi) is 4.03. The van der Waals surface area contributed by atoms with Gasteiger partial charge in [0.05, 0.1) is 0 Å². The lowest BCUT2D eigenvalue weighted by atomic mass is 10.0. The molecule has 3 nitrogen and oxygen atoms in total. The summed E-state index contributed by atoms with van der Waals surface area (Å²) in [6.07, 6.45) is -3.39. The predicted octanol–water partition coefficient (Wildman–Crippen LogP) is 3.28. The number of amides is 1. The zero-order valence-corrected chi connectivity index (χ0v) is 11.3. The monoisotopic (exact) mass is 337 g/mol. The molecule has 1 aliphatic heterocycles. The third-order valence-corrected chi connectivity index (χ3v) is 3.51. The van der Waals surface area contributed by atoms with E-state index in [1.165, 1.54) is 0 Å². The fourth-order valence-corrected chi connectivity index (χ4v) is 1.85. The maximum absolute atomic E-state index is 12.3. The third-order valence-electron chi connectivity index (χ3n) is 2.72. The summed E-state index contributed by atoms with van der Waals surface area (Å²) >= 11 is 2.53. The molecule has 0 radical (unpaired) electrons. The summed E-state index contributed by atoms with van der Waals surface area (Å²) in [5.74, 6) is 0.308. The van der Waals surface area contributed by atoms with Crippen molar-refractivity contribution in [1.82, 2.24) is 0 Å². The molecule has 0 aliphatic carbocycles. The van der Waals surface area contributed by atoms with E-state index < -0.39 is 17.6 Å². The van der Waals surface area contributed by atoms with Gasteiger partial charge in [0, 0.05) is 12.1 Å². The number of halogens is 4. The van der Waals surface area contributed by atoms with Crippen LogP contribution in [-0.2, 0) is 11.2 Å². The van der Waals surface area contributed by atoms with Crippen molar-refractivity contribution in [2.24, 2.45) is 0 Å². The summed E-state index contributed by atoms with van der Waals surface area (Å²) in [6.45, 7) is -0.491. The number of benzene rings is 1. The zero-order chi connectivity index (χ0) is 14.0. The highest BCUT2D eigenvalue weighted by molar-refractivity contribution is 9.09. The molecule has 104 valence electrons. The molecule has 0 spiro atoms. The Hall–Kier alpha value is -1.24. The highest BCUT2D eigenvalue weighted by atomic mass is 79.9. The Morgan fingerprint density at radius 3 is 2.79 bits per heavy atom. The maximum atomic E-state index is 12.3. The predicted molar refractivity (Wildman–Crippen MR) is 67.7 cm³/mol. The number of ether oxygens (including phenoxy) is 1. The number of aryl methyl sites for hydroxylation is 1. The molecule has 1 aromatic rings. The number of hydrogen-bond acceptors (Lipinski definition) is 2. The number of nitrogens with one attached hydrogen (secondary N) is 1. The lowest BCUT2D eigenvalue weighted by molar-refractivity contribution is -0.132. The summed E-state index contributed by atoms with van der Waals surface area (Å²) in [5, 5.41) is 2.69. The van der Waals surface area contributed by atoms with E-state index in [4.69, 9.17) is 4.74 Å². The Morgan fingerprint density at radius 1 is 1.37 bits per heavy atom. The molecule has 0 saturated carbocycles. The van der Waals surface area contributed by atoms with Gasteiger partial charge in [-0.3, -0.25) is 4.79 Å². The average Bonchev–Trinajstić information content (AvgIpc) is 2.34. The first-order valence-electron chi connectivity index (χ1n) is 5.62. The van der Waals surface area contributed by atoms with E-state index in [0.717, 1.165) is 5.56 Å². The molecule has 1 heterocycles. The van der Waals surface area contributed by atoms with Crippen molar-refractivity contribution in [2.75, 3.05) is 11.9 Å². The Labute approximate surface area is 116 Å². The lowest BCUT2D eigenvalue weighted by Gasteiger charge is -2.19. The van der Waals surface area contributed by atoms with Gasteiger partial charge in [-0.15, -0.1) is 0 Å². The van der Waals surface area contributed by atoms with E-state index in [-0.39, 0.29) is 5.91 Å². The van der Waals surface area contributed by atoms with Crippen molar-refractivity contribution in [3.8, 4) is 5.75 Å². The van der Waals surface area contributed by atoms with E-state index >= 15 is 0 Å². The number of rotatable bonds is 3. The largest absolute Gasteiger partial charge is 0.492 e. The fourth-order valence-electron chi connectivity index (χ4n) is 1.71. The Morgan fingerprint density at radius 2 is 2.11 bits per heavy atom. The van der Waals surface area contributed by atoms with Crippen LogP contribution in [0.2, 0.25) is 0 Å². The molecule has 1 N–H and O–H groups in total. The van der Waals surface area contributed by atoms with E-state index in [1.807, 2.05) is 0 Å². The lowest BCUT2D eigenvalue weighted by Crippen LogP contribution is -2.28. The van der Waals surface area contributed by atoms with Crippen molar-refractivity contribution in [1.29, 1.82) is 0 Å². The van der Waals surface area contributed by atoms with E-state index in [2.05, 4.69) is 21.2 Å². The normalized spacial score (nSPS) is 16.5. The van der Waals surface area contributed by atoms with Gasteiger partial charge in [-0.05, 0) is 30.2 Å². The zero-order valence-electron chi connectivity index (χ0n) is 9.76. The van der Waals surface area contributed by atoms with E-state index in [1.54, 1.807) is 18.2 Å². The smallest absolute Gasteiger partial charge is 0.404 e. The van der Waals surface area contributed by atoms with Crippen LogP contribution in [0, 0.1) is 0 Å². The molecular formula is C12H11BrF3NO2. The first-order chi connectivity index (χ1) is 8.86. The minimum absolute atomic E-state index is 0.0567. The molecule has 0 bridgehead atoms. The summed E-state index contributed by atoms with van der Waals surface area (Å²) in [6, 6.07) is 4.84. The summed E-state index contributed by atoms with van der Waals surface area (Å²) in [5.41, 5.74) is 1.56. The van der Waals surface area contributed by atoms with Crippen LogP contribution in [0.4, 0.5) is 18.9 Å². The second kappa shape index (κ2) is 5.40. The molecule has 7 heteroatoms. The van der Waals surface area contributed by atoms with Crippen LogP contribution in [0.15, 0.2) is 18.2 Å². The van der Waals surface area contributed by atoms with Crippen molar-refractivity contribution >= 4 is 27.5 Å². The third kappa shape index (κ3) is 3.62. The van der Waals surface area contributed by atoms with Gasteiger partial charge < -0.3 is 10.1 Å². The van der Waals surface area contributed by atoms with Gasteiger partial charge >= 0.3 is 6.18 Å². The molecule has 1 amide bonds. The van der Waals surface area contributed by atoms with Gasteiger partial charge in [0.1, 0.15) is 17.2 Å². The second-order valence-corrected chi connectivity index (χ2v) is 5.29. The van der Waals surface area contributed by atoms with Crippen LogP contribution in [0.1, 0.15) is 12.0 Å². The van der Waals surface area contributed by atoms with Gasteiger partial charge in [-0.25, -0.2) is 0 Å². The SMILES string of the molecule is O=C1CCc2cc(OCC(Br)C(F)(F)F)ccc2N1. The van der Waals surface area contributed by atoms with Crippen LogP contribution < -0.4 is 10.1 Å². The van der Waals surface area contributed by atoms with Crippen molar-refractivity contribution in [3.05, 3.63) is 23.8 Å². The number of alkyl halides is 4. The molecule has 19 heavy (non-hydrogen) atoms. The van der Waals surface area contributed by atoms with Gasteiger partial charge in [0.25, 0.3) is 0 Å². The van der Waals surface area contributed by atoms with Crippen LogP contribution in [0.3, 0.4) is 0 Å². The molecule has 2 rings (SSSR count). The summed E-state index contributed by atoms with van der Waals surface area (Å²) < 4.78 is 42.0. The number of carbonyl (C=O) groups is 1. The molecule has 0 fully saturated rings. The number of fused-ring (bicyclic) bond motifs is 1. The summed E-state index contributed by atoms with van der Waals surface area (Å²) in [7, 11) is 0. The first-order valence-corrected chi connectivity index (χ1v) is 6.54. The van der Waals surface area contributed by atoms with Gasteiger partial charge in [0.15, 0.2) is 0 Å². The summed E-state index contributed by atoms with van der Waals surface area (Å²) in [4.78, 5) is 9.46. The minimum atomic E-state index is -4.33.